The summed E-state index contributed by atoms with van der Waals surface area (Å²) in [5, 5.41) is 12.1. The lowest BCUT2D eigenvalue weighted by molar-refractivity contribution is -0.143. The predicted octanol–water partition coefficient (Wildman–Crippen LogP) is 2.18. The molecule has 2 N–H and O–H groups in total. The van der Waals surface area contributed by atoms with Gasteiger partial charge >= 0.3 is 12.1 Å². The fourth-order valence-electron chi connectivity index (χ4n) is 2.09. The highest BCUT2D eigenvalue weighted by Crippen LogP contribution is 2.19. The molecule has 1 aromatic carbocycles. The third kappa shape index (κ3) is 6.21. The Morgan fingerprint density at radius 1 is 1.33 bits per heavy atom. The van der Waals surface area contributed by atoms with E-state index in [1.165, 1.54) is 19.2 Å². The summed E-state index contributed by atoms with van der Waals surface area (Å²) in [7, 11) is 1.24. The maximum atomic E-state index is 12.0. The van der Waals surface area contributed by atoms with E-state index in [0.29, 0.717) is 12.0 Å². The van der Waals surface area contributed by atoms with E-state index in [1.807, 2.05) is 0 Å². The van der Waals surface area contributed by atoms with E-state index in [4.69, 9.17) is 15.9 Å². The third-order valence-electron chi connectivity index (χ3n) is 3.08. The van der Waals surface area contributed by atoms with Gasteiger partial charge in [-0.25, -0.2) is 9.59 Å². The fourth-order valence-corrected chi connectivity index (χ4v) is 2.09. The van der Waals surface area contributed by atoms with Gasteiger partial charge in [0.05, 0.1) is 7.11 Å². The number of phenols is 1. The Labute approximate surface area is 142 Å². The number of carbonyl (C=O) groups is 2. The van der Waals surface area contributed by atoms with Crippen LogP contribution in [0.5, 0.6) is 5.75 Å². The van der Waals surface area contributed by atoms with Crippen molar-refractivity contribution in [3.8, 4) is 18.1 Å². The van der Waals surface area contributed by atoms with E-state index in [9.17, 15) is 14.7 Å². The molecule has 1 rings (SSSR count). The van der Waals surface area contributed by atoms with Crippen LogP contribution in [0.4, 0.5) is 4.79 Å². The number of hydrogen-bond acceptors (Lipinski definition) is 5. The van der Waals surface area contributed by atoms with Gasteiger partial charge in [-0.2, -0.15) is 0 Å². The van der Waals surface area contributed by atoms with Crippen LogP contribution in [0.25, 0.3) is 0 Å². The van der Waals surface area contributed by atoms with Crippen LogP contribution in [-0.2, 0) is 27.1 Å². The van der Waals surface area contributed by atoms with Crippen LogP contribution in [0.15, 0.2) is 18.2 Å². The summed E-state index contributed by atoms with van der Waals surface area (Å²) >= 11 is 0. The van der Waals surface area contributed by atoms with Crippen molar-refractivity contribution >= 4 is 12.1 Å². The first-order valence-corrected chi connectivity index (χ1v) is 7.48. The summed E-state index contributed by atoms with van der Waals surface area (Å²) < 4.78 is 9.91. The van der Waals surface area contributed by atoms with Gasteiger partial charge < -0.3 is 19.9 Å². The molecule has 24 heavy (non-hydrogen) atoms. The average Bonchev–Trinajstić information content (AvgIpc) is 2.46. The van der Waals surface area contributed by atoms with Gasteiger partial charge in [0.25, 0.3) is 0 Å². The van der Waals surface area contributed by atoms with E-state index in [0.717, 1.165) is 5.56 Å². The molecule has 1 aromatic rings. The molecule has 0 aliphatic carbocycles. The normalized spacial score (nSPS) is 12.0. The monoisotopic (exact) mass is 333 g/mol. The average molecular weight is 333 g/mol. The minimum Gasteiger partial charge on any atom is -0.508 e. The molecular weight excluding hydrogens is 310 g/mol. The van der Waals surface area contributed by atoms with Crippen LogP contribution in [0.3, 0.4) is 0 Å². The molecule has 6 nitrogen and oxygen atoms in total. The molecular formula is C18H23NO5. The zero-order chi connectivity index (χ0) is 18.3. The molecule has 130 valence electrons. The Morgan fingerprint density at radius 2 is 2.00 bits per heavy atom. The first-order chi connectivity index (χ1) is 11.2. The minimum atomic E-state index is -0.925. The number of hydrogen-bond donors (Lipinski definition) is 2. The molecule has 0 aliphatic rings. The number of rotatable bonds is 5. The molecule has 1 atom stereocenters. The zero-order valence-electron chi connectivity index (χ0n) is 14.4. The second kappa shape index (κ2) is 8.25. The second-order valence-corrected chi connectivity index (χ2v) is 6.26. The summed E-state index contributed by atoms with van der Waals surface area (Å²) in [4.78, 5) is 23.9. The zero-order valence-corrected chi connectivity index (χ0v) is 14.4. The van der Waals surface area contributed by atoms with Gasteiger partial charge in [-0.3, -0.25) is 0 Å². The first kappa shape index (κ1) is 19.4. The topological polar surface area (TPSA) is 84.9 Å². The van der Waals surface area contributed by atoms with Crippen molar-refractivity contribution in [2.24, 2.45) is 0 Å². The molecule has 0 heterocycles. The number of benzene rings is 1. The molecule has 6 heteroatoms. The number of carbonyl (C=O) groups excluding carboxylic acids is 2. The van der Waals surface area contributed by atoms with Crippen LogP contribution in [0.1, 0.15) is 31.9 Å². The molecule has 0 unspecified atom stereocenters. The van der Waals surface area contributed by atoms with Gasteiger partial charge in [0.1, 0.15) is 17.4 Å². The van der Waals surface area contributed by atoms with E-state index in [1.54, 1.807) is 26.8 Å². The van der Waals surface area contributed by atoms with Crippen LogP contribution < -0.4 is 5.32 Å². The van der Waals surface area contributed by atoms with E-state index in [2.05, 4.69) is 11.2 Å². The largest absolute Gasteiger partial charge is 0.508 e. The number of methoxy groups -OCH3 is 1. The first-order valence-electron chi connectivity index (χ1n) is 7.48. The number of amides is 1. The van der Waals surface area contributed by atoms with Gasteiger partial charge in [-0.15, -0.1) is 12.3 Å². The van der Waals surface area contributed by atoms with Gasteiger partial charge in [0, 0.05) is 12.8 Å². The van der Waals surface area contributed by atoms with Crippen molar-refractivity contribution in [3.63, 3.8) is 0 Å². The van der Waals surface area contributed by atoms with E-state index >= 15 is 0 Å². The van der Waals surface area contributed by atoms with E-state index in [-0.39, 0.29) is 12.2 Å². The quantitative estimate of drug-likeness (QED) is 0.637. The Kier molecular flexibility index (Phi) is 6.66. The summed E-state index contributed by atoms with van der Waals surface area (Å²) in [6, 6.07) is 3.77. The number of ether oxygens (including phenoxy) is 2. The molecule has 0 bridgehead atoms. The maximum Gasteiger partial charge on any atom is 0.408 e. The number of alkyl carbamates (subject to hydrolysis) is 1. The lowest BCUT2D eigenvalue weighted by atomic mass is 9.98. The Balaban J connectivity index is 2.97. The lowest BCUT2D eigenvalue weighted by Crippen LogP contribution is -2.45. The van der Waals surface area contributed by atoms with E-state index < -0.39 is 23.7 Å². The SMILES string of the molecule is C#CCc1cc(O)ccc1C[C@H](NC(=O)OC(C)(C)C)C(=O)OC. The molecule has 0 spiro atoms. The highest BCUT2D eigenvalue weighted by atomic mass is 16.6. The summed E-state index contributed by atoms with van der Waals surface area (Å²) in [5.74, 6) is 1.99. The molecule has 0 saturated carbocycles. The van der Waals surface area contributed by atoms with Crippen LogP contribution in [0, 0.1) is 12.3 Å². The van der Waals surface area contributed by atoms with Crippen molar-refractivity contribution in [2.45, 2.75) is 45.3 Å². The van der Waals surface area contributed by atoms with Gasteiger partial charge in [0.2, 0.25) is 0 Å². The lowest BCUT2D eigenvalue weighted by Gasteiger charge is -2.23. The summed E-state index contributed by atoms with van der Waals surface area (Å²) in [6.45, 7) is 5.18. The Morgan fingerprint density at radius 3 is 2.54 bits per heavy atom. The van der Waals surface area contributed by atoms with Crippen LogP contribution in [-0.4, -0.2) is 35.9 Å². The maximum absolute atomic E-state index is 12.0. The van der Waals surface area contributed by atoms with Gasteiger partial charge in [-0.05, 0) is 44.0 Å². The molecule has 0 fully saturated rings. The Bertz CT molecular complexity index is 640. The molecule has 0 aromatic heterocycles. The highest BCUT2D eigenvalue weighted by Gasteiger charge is 2.26. The Hall–Kier alpha value is -2.68. The van der Waals surface area contributed by atoms with Crippen molar-refractivity contribution in [3.05, 3.63) is 29.3 Å². The predicted molar refractivity (Wildman–Crippen MR) is 89.5 cm³/mol. The fraction of sp³-hybridized carbons (Fsp3) is 0.444. The van der Waals surface area contributed by atoms with Crippen molar-refractivity contribution < 1.29 is 24.2 Å². The van der Waals surface area contributed by atoms with Crippen molar-refractivity contribution in [2.75, 3.05) is 7.11 Å². The molecule has 1 amide bonds. The number of phenolic OH excluding ortho intramolecular Hbond substituents is 1. The highest BCUT2D eigenvalue weighted by molar-refractivity contribution is 5.81. The number of aromatic hydroxyl groups is 1. The standard InChI is InChI=1S/C18H23NO5/c1-6-7-12-10-14(20)9-8-13(12)11-15(16(21)23-5)19-17(22)24-18(2,3)4/h1,8-10,15,20H,7,11H2,2-5H3,(H,19,22)/t15-/m0/s1. The summed E-state index contributed by atoms with van der Waals surface area (Å²) in [5.41, 5.74) is 0.757. The minimum absolute atomic E-state index is 0.0821. The van der Waals surface area contributed by atoms with Crippen LogP contribution in [0.2, 0.25) is 0 Å². The third-order valence-corrected chi connectivity index (χ3v) is 3.08. The van der Waals surface area contributed by atoms with Crippen molar-refractivity contribution in [1.82, 2.24) is 5.32 Å². The second-order valence-electron chi connectivity index (χ2n) is 6.26. The smallest absolute Gasteiger partial charge is 0.408 e. The molecule has 0 aliphatic heterocycles. The van der Waals surface area contributed by atoms with Crippen LogP contribution >= 0.6 is 0 Å². The van der Waals surface area contributed by atoms with Gasteiger partial charge in [-0.1, -0.05) is 6.07 Å². The van der Waals surface area contributed by atoms with Gasteiger partial charge in [0.15, 0.2) is 0 Å². The molecule has 0 radical (unpaired) electrons. The number of esters is 1. The number of nitrogens with one attached hydrogen (secondary N) is 1. The summed E-state index contributed by atoms with van der Waals surface area (Å²) in [6.07, 6.45) is 5.09. The number of terminal acetylenes is 1. The molecule has 0 saturated heterocycles. The van der Waals surface area contributed by atoms with Crippen molar-refractivity contribution in [1.29, 1.82) is 0 Å².